The van der Waals surface area contributed by atoms with Crippen LogP contribution in [-0.2, 0) is 6.42 Å². The first kappa shape index (κ1) is 15.2. The van der Waals surface area contributed by atoms with Crippen LogP contribution >= 0.6 is 0 Å². The van der Waals surface area contributed by atoms with E-state index in [0.717, 1.165) is 17.9 Å². The van der Waals surface area contributed by atoms with Gasteiger partial charge in [0.05, 0.1) is 19.8 Å². The first-order valence-electron chi connectivity index (χ1n) is 7.96. The van der Waals surface area contributed by atoms with E-state index in [1.165, 1.54) is 24.1 Å². The molecule has 0 aromatic heterocycles. The van der Waals surface area contributed by atoms with Gasteiger partial charge in [0.15, 0.2) is 11.5 Å². The number of hydrogen-bond acceptors (Lipinski definition) is 2. The molecule has 0 fully saturated rings. The SMILES string of the molecule is CCOc1cc2c(cc1OCC)[C@@H]([C@H](C)CC)[NH2+]CC2. The largest absolute Gasteiger partial charge is 0.490 e. The van der Waals surface area contributed by atoms with Gasteiger partial charge in [0, 0.05) is 17.9 Å². The van der Waals surface area contributed by atoms with Crippen molar-refractivity contribution in [3.63, 3.8) is 0 Å². The summed E-state index contributed by atoms with van der Waals surface area (Å²) < 4.78 is 11.5. The number of hydrogen-bond donors (Lipinski definition) is 1. The molecule has 3 nitrogen and oxygen atoms in total. The highest BCUT2D eigenvalue weighted by Gasteiger charge is 2.29. The highest BCUT2D eigenvalue weighted by molar-refractivity contribution is 5.49. The monoisotopic (exact) mass is 278 g/mol. The van der Waals surface area contributed by atoms with Crippen LogP contribution in [0, 0.1) is 5.92 Å². The average molecular weight is 278 g/mol. The van der Waals surface area contributed by atoms with Crippen molar-refractivity contribution in [1.82, 2.24) is 0 Å². The van der Waals surface area contributed by atoms with Crippen molar-refractivity contribution in [1.29, 1.82) is 0 Å². The Bertz CT molecular complexity index is 445. The first-order chi connectivity index (χ1) is 9.71. The Morgan fingerprint density at radius 1 is 1.15 bits per heavy atom. The van der Waals surface area contributed by atoms with E-state index in [2.05, 4.69) is 31.3 Å². The normalized spacial score (nSPS) is 19.3. The van der Waals surface area contributed by atoms with Gasteiger partial charge in [0.25, 0.3) is 0 Å². The van der Waals surface area contributed by atoms with Crippen molar-refractivity contribution in [2.75, 3.05) is 19.8 Å². The number of fused-ring (bicyclic) bond motifs is 1. The zero-order chi connectivity index (χ0) is 14.5. The molecule has 1 aliphatic rings. The van der Waals surface area contributed by atoms with Gasteiger partial charge in [-0.05, 0) is 38.0 Å². The molecule has 3 heteroatoms. The van der Waals surface area contributed by atoms with E-state index in [0.29, 0.717) is 25.2 Å². The van der Waals surface area contributed by atoms with Gasteiger partial charge in [-0.1, -0.05) is 13.8 Å². The molecule has 0 amide bonds. The predicted octanol–water partition coefficient (Wildman–Crippen LogP) is 2.69. The molecular weight excluding hydrogens is 250 g/mol. The van der Waals surface area contributed by atoms with Gasteiger partial charge in [-0.3, -0.25) is 0 Å². The summed E-state index contributed by atoms with van der Waals surface area (Å²) in [5, 5.41) is 2.48. The van der Waals surface area contributed by atoms with Crippen molar-refractivity contribution < 1.29 is 14.8 Å². The Morgan fingerprint density at radius 3 is 2.40 bits per heavy atom. The van der Waals surface area contributed by atoms with Crippen molar-refractivity contribution >= 4 is 0 Å². The average Bonchev–Trinajstić information content (AvgIpc) is 2.47. The van der Waals surface area contributed by atoms with Crippen molar-refractivity contribution in [3.8, 4) is 11.5 Å². The Balaban J connectivity index is 2.40. The number of ether oxygens (including phenoxy) is 2. The molecule has 1 heterocycles. The lowest BCUT2D eigenvalue weighted by Crippen LogP contribution is -2.88. The van der Waals surface area contributed by atoms with Crippen LogP contribution in [0.4, 0.5) is 0 Å². The Hall–Kier alpha value is -1.22. The zero-order valence-corrected chi connectivity index (χ0v) is 13.2. The molecule has 2 atom stereocenters. The van der Waals surface area contributed by atoms with E-state index in [9.17, 15) is 0 Å². The molecule has 1 aromatic carbocycles. The molecule has 0 aliphatic carbocycles. The maximum Gasteiger partial charge on any atom is 0.161 e. The molecule has 1 aliphatic heterocycles. The van der Waals surface area contributed by atoms with Gasteiger partial charge in [-0.25, -0.2) is 0 Å². The van der Waals surface area contributed by atoms with E-state index in [-0.39, 0.29) is 0 Å². The number of nitrogens with two attached hydrogens (primary N) is 1. The van der Waals surface area contributed by atoms with E-state index >= 15 is 0 Å². The minimum atomic E-state index is 0.554. The van der Waals surface area contributed by atoms with Crippen LogP contribution in [0.15, 0.2) is 12.1 Å². The smallest absolute Gasteiger partial charge is 0.161 e. The second-order valence-corrected chi connectivity index (χ2v) is 5.55. The van der Waals surface area contributed by atoms with Gasteiger partial charge < -0.3 is 14.8 Å². The summed E-state index contributed by atoms with van der Waals surface area (Å²) in [5.74, 6) is 2.48. The number of benzene rings is 1. The van der Waals surface area contributed by atoms with Crippen LogP contribution < -0.4 is 14.8 Å². The topological polar surface area (TPSA) is 35.1 Å². The first-order valence-corrected chi connectivity index (χ1v) is 7.96. The summed E-state index contributed by atoms with van der Waals surface area (Å²) >= 11 is 0. The molecule has 0 unspecified atom stereocenters. The summed E-state index contributed by atoms with van der Waals surface area (Å²) in [5.41, 5.74) is 2.88. The lowest BCUT2D eigenvalue weighted by atomic mass is 9.85. The fraction of sp³-hybridized carbons (Fsp3) is 0.647. The summed E-state index contributed by atoms with van der Waals surface area (Å²) in [7, 11) is 0. The third-order valence-corrected chi connectivity index (χ3v) is 4.26. The highest BCUT2D eigenvalue weighted by Crippen LogP contribution is 2.36. The standard InChI is InChI=1S/C17H27NO2/c1-5-12(4)17-14-11-16(20-7-3)15(19-6-2)10-13(14)8-9-18-17/h10-12,17-18H,5-9H2,1-4H3/p+1/t12-,17-/m1/s1. The summed E-state index contributed by atoms with van der Waals surface area (Å²) in [6.07, 6.45) is 2.33. The van der Waals surface area contributed by atoms with Gasteiger partial charge >= 0.3 is 0 Å². The third kappa shape index (κ3) is 3.09. The Morgan fingerprint density at radius 2 is 1.80 bits per heavy atom. The van der Waals surface area contributed by atoms with Crippen LogP contribution in [0.1, 0.15) is 51.3 Å². The molecule has 0 radical (unpaired) electrons. The van der Waals surface area contributed by atoms with Crippen LogP contribution in [0.3, 0.4) is 0 Å². The van der Waals surface area contributed by atoms with Crippen molar-refractivity contribution in [2.24, 2.45) is 5.92 Å². The fourth-order valence-electron chi connectivity index (χ4n) is 3.02. The lowest BCUT2D eigenvalue weighted by molar-refractivity contribution is -0.705. The maximum absolute atomic E-state index is 5.78. The molecule has 1 aromatic rings. The lowest BCUT2D eigenvalue weighted by Gasteiger charge is -2.29. The minimum absolute atomic E-state index is 0.554. The van der Waals surface area contributed by atoms with Crippen LogP contribution in [0.25, 0.3) is 0 Å². The van der Waals surface area contributed by atoms with E-state index < -0.39 is 0 Å². The number of quaternary nitrogens is 1. The second-order valence-electron chi connectivity index (χ2n) is 5.55. The van der Waals surface area contributed by atoms with E-state index in [1.807, 2.05) is 13.8 Å². The quantitative estimate of drug-likeness (QED) is 0.868. The van der Waals surface area contributed by atoms with Gasteiger partial charge in [-0.2, -0.15) is 0 Å². The highest BCUT2D eigenvalue weighted by atomic mass is 16.5. The third-order valence-electron chi connectivity index (χ3n) is 4.26. The summed E-state index contributed by atoms with van der Waals surface area (Å²) in [6, 6.07) is 4.97. The minimum Gasteiger partial charge on any atom is -0.490 e. The van der Waals surface area contributed by atoms with E-state index in [4.69, 9.17) is 9.47 Å². The molecule has 0 saturated carbocycles. The number of rotatable bonds is 6. The molecule has 0 saturated heterocycles. The van der Waals surface area contributed by atoms with Gasteiger partial charge in [0.1, 0.15) is 6.04 Å². The molecular formula is C17H28NO2+. The molecule has 20 heavy (non-hydrogen) atoms. The van der Waals surface area contributed by atoms with Gasteiger partial charge in [0.2, 0.25) is 0 Å². The summed E-state index contributed by atoms with van der Waals surface area (Å²) in [4.78, 5) is 0. The molecule has 112 valence electrons. The second kappa shape index (κ2) is 6.98. The van der Waals surface area contributed by atoms with Crippen LogP contribution in [0.2, 0.25) is 0 Å². The zero-order valence-electron chi connectivity index (χ0n) is 13.2. The molecule has 0 bridgehead atoms. The fourth-order valence-corrected chi connectivity index (χ4v) is 3.02. The maximum atomic E-state index is 5.78. The Labute approximate surface area is 122 Å². The van der Waals surface area contributed by atoms with Gasteiger partial charge in [-0.15, -0.1) is 0 Å². The van der Waals surface area contributed by atoms with Crippen LogP contribution in [0.5, 0.6) is 11.5 Å². The summed E-state index contributed by atoms with van der Waals surface area (Å²) in [6.45, 7) is 11.2. The predicted molar refractivity (Wildman–Crippen MR) is 81.5 cm³/mol. The molecule has 2 rings (SSSR count). The van der Waals surface area contributed by atoms with Crippen molar-refractivity contribution in [3.05, 3.63) is 23.3 Å². The van der Waals surface area contributed by atoms with Crippen LogP contribution in [-0.4, -0.2) is 19.8 Å². The van der Waals surface area contributed by atoms with Crippen molar-refractivity contribution in [2.45, 2.75) is 46.6 Å². The Kier molecular flexibility index (Phi) is 5.30. The van der Waals surface area contributed by atoms with E-state index in [1.54, 1.807) is 0 Å². The molecule has 0 spiro atoms. The molecule has 2 N–H and O–H groups in total.